The first-order chi connectivity index (χ1) is 21.1. The van der Waals surface area contributed by atoms with E-state index in [0.717, 1.165) is 10.4 Å². The van der Waals surface area contributed by atoms with E-state index in [1.807, 2.05) is 36.9 Å². The van der Waals surface area contributed by atoms with Gasteiger partial charge in [0.1, 0.15) is 16.5 Å². The lowest BCUT2D eigenvalue weighted by Crippen LogP contribution is -2.66. The first-order valence-corrected chi connectivity index (χ1v) is 17.1. The van der Waals surface area contributed by atoms with Crippen molar-refractivity contribution in [1.29, 1.82) is 0 Å². The number of hydrogen-bond acceptors (Lipinski definition) is 7. The van der Waals surface area contributed by atoms with Gasteiger partial charge in [0.05, 0.1) is 42.3 Å². The van der Waals surface area contributed by atoms with Crippen molar-refractivity contribution in [3.63, 3.8) is 0 Å². The molecule has 0 spiro atoms. The number of hydrogen-bond donors (Lipinski definition) is 0. The van der Waals surface area contributed by atoms with Crippen LogP contribution in [0.25, 0.3) is 22.4 Å². The molecule has 1 saturated heterocycles. The summed E-state index contributed by atoms with van der Waals surface area (Å²) in [5.74, 6) is -0.487. The largest absolute Gasteiger partial charge is 0.403 e. The van der Waals surface area contributed by atoms with Gasteiger partial charge in [0.25, 0.3) is 8.32 Å². The molecule has 2 aromatic heterocycles. The molecule has 0 aliphatic carbocycles. The molecule has 1 aliphatic rings. The van der Waals surface area contributed by atoms with Crippen LogP contribution >= 0.6 is 11.6 Å². The number of ether oxygens (including phenoxy) is 1. The van der Waals surface area contributed by atoms with Crippen molar-refractivity contribution in [2.75, 3.05) is 18.0 Å². The van der Waals surface area contributed by atoms with E-state index in [4.69, 9.17) is 25.3 Å². The van der Waals surface area contributed by atoms with E-state index in [9.17, 15) is 0 Å². The second-order valence-electron chi connectivity index (χ2n) is 12.4. The topological polar surface area (TPSA) is 73.5 Å². The van der Waals surface area contributed by atoms with Crippen molar-refractivity contribution in [3.8, 4) is 11.4 Å². The van der Waals surface area contributed by atoms with Crippen LogP contribution in [0.4, 0.5) is 10.1 Å². The molecule has 0 saturated carbocycles. The van der Waals surface area contributed by atoms with E-state index in [-0.39, 0.29) is 34.6 Å². The minimum Gasteiger partial charge on any atom is -0.403 e. The van der Waals surface area contributed by atoms with Gasteiger partial charge in [0, 0.05) is 18.7 Å². The number of benzene rings is 3. The number of fused-ring (bicyclic) bond motifs is 1. The van der Waals surface area contributed by atoms with Crippen molar-refractivity contribution in [1.82, 2.24) is 15.1 Å². The average molecular weight is 631 g/mol. The summed E-state index contributed by atoms with van der Waals surface area (Å²) in [5.41, 5.74) is 1.96. The molecule has 1 aliphatic heterocycles. The fraction of sp³-hybridized carbons (Fsp3) is 0.324. The number of halogens is 2. The molecular weight excluding hydrogens is 595 g/mol. The zero-order valence-corrected chi connectivity index (χ0v) is 27.3. The third-order valence-corrected chi connectivity index (χ3v) is 13.4. The highest BCUT2D eigenvalue weighted by molar-refractivity contribution is 6.99. The van der Waals surface area contributed by atoms with Gasteiger partial charge in [0.15, 0.2) is 5.82 Å². The summed E-state index contributed by atoms with van der Waals surface area (Å²) in [5, 5.41) is 6.96. The molecule has 3 heterocycles. The molecule has 5 aromatic rings. The van der Waals surface area contributed by atoms with Gasteiger partial charge >= 0.3 is 0 Å². The van der Waals surface area contributed by atoms with Gasteiger partial charge in [-0.2, -0.15) is 0 Å². The third-order valence-electron chi connectivity index (χ3n) is 8.20. The van der Waals surface area contributed by atoms with E-state index in [1.54, 1.807) is 6.20 Å². The van der Waals surface area contributed by atoms with E-state index in [0.29, 0.717) is 41.1 Å². The van der Waals surface area contributed by atoms with E-state index in [2.05, 4.69) is 84.4 Å². The highest BCUT2D eigenvalue weighted by atomic mass is 35.5. The number of rotatable bonds is 7. The third kappa shape index (κ3) is 5.54. The van der Waals surface area contributed by atoms with Gasteiger partial charge in [-0.25, -0.2) is 9.37 Å². The van der Waals surface area contributed by atoms with Crippen LogP contribution in [0.2, 0.25) is 10.2 Å². The van der Waals surface area contributed by atoms with Crippen molar-refractivity contribution in [2.24, 2.45) is 0 Å². The molecule has 0 unspecified atom stereocenters. The summed E-state index contributed by atoms with van der Waals surface area (Å²) in [6, 6.07) is 22.8. The minimum absolute atomic E-state index is 0.0535. The van der Waals surface area contributed by atoms with Crippen LogP contribution in [0.1, 0.15) is 40.2 Å². The quantitative estimate of drug-likeness (QED) is 0.184. The molecule has 10 heteroatoms. The van der Waals surface area contributed by atoms with Crippen molar-refractivity contribution in [3.05, 3.63) is 95.7 Å². The fourth-order valence-electron chi connectivity index (χ4n) is 6.48. The number of aromatic nitrogens is 3. The predicted molar refractivity (Wildman–Crippen MR) is 175 cm³/mol. The van der Waals surface area contributed by atoms with E-state index in [1.165, 1.54) is 6.20 Å². The van der Waals surface area contributed by atoms with Crippen molar-refractivity contribution >= 4 is 46.9 Å². The molecule has 44 heavy (non-hydrogen) atoms. The maximum Gasteiger partial charge on any atom is 0.261 e. The second kappa shape index (κ2) is 12.0. The maximum absolute atomic E-state index is 16.8. The Hall–Kier alpha value is -3.63. The lowest BCUT2D eigenvalue weighted by atomic mass is 10.0. The zero-order chi connectivity index (χ0) is 31.1. The Bertz CT molecular complexity index is 1710. The summed E-state index contributed by atoms with van der Waals surface area (Å²) in [6.07, 6.45) is 2.83. The molecule has 0 bridgehead atoms. The molecule has 0 N–H and O–H groups in total. The maximum atomic E-state index is 16.8. The molecule has 1 fully saturated rings. The Morgan fingerprint density at radius 3 is 2.16 bits per heavy atom. The van der Waals surface area contributed by atoms with Gasteiger partial charge < -0.3 is 18.6 Å². The highest BCUT2D eigenvalue weighted by Crippen LogP contribution is 2.41. The molecule has 6 rings (SSSR count). The normalized spacial score (nSPS) is 17.8. The Kier molecular flexibility index (Phi) is 8.32. The summed E-state index contributed by atoms with van der Waals surface area (Å²) in [6.45, 7) is 11.9. The average Bonchev–Trinajstić information content (AvgIpc) is 3.42. The number of nitrogens with zero attached hydrogens (tertiary/aromatic N) is 4. The SMILES string of the molecule is C[C@@H]1CN(c2c(CO[Si](c3ccccc3)(c3ccccc3)C(C)(C)C)cc3c(-c4cncc(Cl)n4)noc3c2F)C[C@H](C)O1. The summed E-state index contributed by atoms with van der Waals surface area (Å²) in [7, 11) is -2.93. The molecule has 3 aromatic carbocycles. The van der Waals surface area contributed by atoms with Crippen LogP contribution in [0.3, 0.4) is 0 Å². The first-order valence-electron chi connectivity index (χ1n) is 14.8. The Labute approximate surface area is 263 Å². The lowest BCUT2D eigenvalue weighted by Gasteiger charge is -2.43. The number of morpholine rings is 1. The Morgan fingerprint density at radius 1 is 0.977 bits per heavy atom. The lowest BCUT2D eigenvalue weighted by molar-refractivity contribution is -0.00548. The van der Waals surface area contributed by atoms with Crippen LogP contribution in [0.15, 0.2) is 83.6 Å². The van der Waals surface area contributed by atoms with Gasteiger partial charge in [-0.3, -0.25) is 4.98 Å². The van der Waals surface area contributed by atoms with Crippen LogP contribution in [-0.2, 0) is 15.8 Å². The zero-order valence-electron chi connectivity index (χ0n) is 25.6. The molecule has 2 atom stereocenters. The highest BCUT2D eigenvalue weighted by Gasteiger charge is 2.50. The summed E-state index contributed by atoms with van der Waals surface area (Å²) >= 11 is 6.15. The van der Waals surface area contributed by atoms with E-state index >= 15 is 4.39 Å². The summed E-state index contributed by atoms with van der Waals surface area (Å²) in [4.78, 5) is 10.6. The van der Waals surface area contributed by atoms with E-state index < -0.39 is 14.1 Å². The molecule has 0 radical (unpaired) electrons. The molecule has 7 nitrogen and oxygen atoms in total. The Balaban J connectivity index is 1.54. The van der Waals surface area contributed by atoms with Crippen molar-refractivity contribution < 1.29 is 18.1 Å². The van der Waals surface area contributed by atoms with Crippen LogP contribution in [0, 0.1) is 5.82 Å². The monoisotopic (exact) mass is 630 g/mol. The van der Waals surface area contributed by atoms with Gasteiger partial charge in [-0.05, 0) is 35.3 Å². The molecule has 0 amide bonds. The van der Waals surface area contributed by atoms with Gasteiger partial charge in [0.2, 0.25) is 5.58 Å². The van der Waals surface area contributed by atoms with Crippen molar-refractivity contribution in [2.45, 2.75) is 58.5 Å². The van der Waals surface area contributed by atoms with Crippen LogP contribution in [0.5, 0.6) is 0 Å². The smallest absolute Gasteiger partial charge is 0.261 e. The second-order valence-corrected chi connectivity index (χ2v) is 17.1. The summed E-state index contributed by atoms with van der Waals surface area (Å²) < 4.78 is 35.7. The first kappa shape index (κ1) is 30.4. The van der Waals surface area contributed by atoms with Gasteiger partial charge in [-0.15, -0.1) is 0 Å². The predicted octanol–water partition coefficient (Wildman–Crippen LogP) is 6.77. The van der Waals surface area contributed by atoms with Crippen LogP contribution in [-0.4, -0.2) is 48.7 Å². The van der Waals surface area contributed by atoms with Crippen LogP contribution < -0.4 is 15.3 Å². The standard InChI is InChI=1S/C34H36ClFN4O3Si/c1-22-19-40(20-23(2)42-22)32-24(16-27-31(39-43-33(27)30(32)36)28-17-37-18-29(35)38-28)21-41-44(34(3,4)5,25-12-8-6-9-13-25)26-14-10-7-11-15-26/h6-18,22-23H,19-21H2,1-5H3/t22-,23+. The van der Waals surface area contributed by atoms with Gasteiger partial charge in [-0.1, -0.05) is 98.2 Å². The minimum atomic E-state index is -2.93. The Morgan fingerprint density at radius 2 is 1.59 bits per heavy atom. The molecular formula is C34H36ClFN4O3Si. The fourth-order valence-corrected chi connectivity index (χ4v) is 11.2. The number of anilines is 1. The molecule has 228 valence electrons.